The average Bonchev–Trinajstić information content (AvgIpc) is 3.81. The van der Waals surface area contributed by atoms with Gasteiger partial charge in [0.05, 0.1) is 16.7 Å². The zero-order chi connectivity index (χ0) is 29.1. The second-order valence-corrected chi connectivity index (χ2v) is 12.7. The molecule has 0 aliphatic heterocycles. The Morgan fingerprint density at radius 2 is 1.62 bits per heavy atom. The molecule has 42 heavy (non-hydrogen) atoms. The summed E-state index contributed by atoms with van der Waals surface area (Å²) in [4.78, 5) is 29.4. The van der Waals surface area contributed by atoms with E-state index >= 15 is 0 Å². The van der Waals surface area contributed by atoms with E-state index in [1.807, 2.05) is 18.2 Å². The molecule has 2 aromatic carbocycles. The minimum Gasteiger partial charge on any atom is -0.467 e. The summed E-state index contributed by atoms with van der Waals surface area (Å²) in [6, 6.07) is 15.5. The molecular weight excluding hydrogens is 556 g/mol. The van der Waals surface area contributed by atoms with Crippen LogP contribution < -0.4 is 14.9 Å². The summed E-state index contributed by atoms with van der Waals surface area (Å²) < 4.78 is 36.1. The van der Waals surface area contributed by atoms with Gasteiger partial charge in [-0.05, 0) is 74.2 Å². The maximum absolute atomic E-state index is 14.1. The van der Waals surface area contributed by atoms with Crippen LogP contribution >= 0.6 is 0 Å². The molecule has 2 aliphatic carbocycles. The maximum Gasteiger partial charge on any atom is 0.251 e. The van der Waals surface area contributed by atoms with Crippen molar-refractivity contribution in [1.82, 2.24) is 25.0 Å². The predicted molar refractivity (Wildman–Crippen MR) is 156 cm³/mol. The number of rotatable bonds is 10. The summed E-state index contributed by atoms with van der Waals surface area (Å²) in [6.45, 7) is -0.197. The Morgan fingerprint density at radius 1 is 0.929 bits per heavy atom. The van der Waals surface area contributed by atoms with Gasteiger partial charge in [-0.3, -0.25) is 14.5 Å². The van der Waals surface area contributed by atoms with Crippen molar-refractivity contribution in [2.24, 2.45) is 0 Å². The minimum absolute atomic E-state index is 0.0142. The van der Waals surface area contributed by atoms with Crippen LogP contribution in [0.15, 0.2) is 76.2 Å². The number of fused-ring (bicyclic) bond motifs is 1. The van der Waals surface area contributed by atoms with Crippen molar-refractivity contribution in [2.75, 3.05) is 4.90 Å². The van der Waals surface area contributed by atoms with Gasteiger partial charge in [-0.15, -0.1) is 5.10 Å². The van der Waals surface area contributed by atoms with Crippen molar-refractivity contribution >= 4 is 38.6 Å². The highest BCUT2D eigenvalue weighted by atomic mass is 32.2. The van der Waals surface area contributed by atoms with Crippen molar-refractivity contribution in [2.45, 2.75) is 80.9 Å². The third kappa shape index (κ3) is 5.95. The van der Waals surface area contributed by atoms with Gasteiger partial charge in [-0.2, -0.15) is 0 Å². The minimum atomic E-state index is -3.74. The number of nitrogens with one attached hydrogen (secondary N) is 2. The lowest BCUT2D eigenvalue weighted by atomic mass is 10.1. The summed E-state index contributed by atoms with van der Waals surface area (Å²) in [6.07, 6.45) is 8.90. The van der Waals surface area contributed by atoms with Gasteiger partial charge in [0, 0.05) is 17.8 Å². The molecule has 0 saturated heterocycles. The van der Waals surface area contributed by atoms with E-state index in [9.17, 15) is 18.0 Å². The zero-order valence-corrected chi connectivity index (χ0v) is 24.0. The molecule has 2 aliphatic rings. The number of furan rings is 1. The first-order valence-electron chi connectivity index (χ1n) is 14.5. The highest BCUT2D eigenvalue weighted by Crippen LogP contribution is 2.31. The molecule has 6 rings (SSSR count). The Labute approximate surface area is 244 Å². The monoisotopic (exact) mass is 590 g/mol. The number of hydrogen-bond acceptors (Lipinski definition) is 7. The first kappa shape index (κ1) is 28.1. The molecular formula is C30H34N6O5S. The number of nitrogens with zero attached hydrogens (tertiary/aromatic N) is 4. The van der Waals surface area contributed by atoms with Crippen molar-refractivity contribution < 1.29 is 22.4 Å². The van der Waals surface area contributed by atoms with Crippen molar-refractivity contribution in [1.29, 1.82) is 0 Å². The van der Waals surface area contributed by atoms with Crippen molar-refractivity contribution in [3.8, 4) is 0 Å². The van der Waals surface area contributed by atoms with Crippen LogP contribution in [0.1, 0.15) is 63.2 Å². The van der Waals surface area contributed by atoms with Gasteiger partial charge >= 0.3 is 0 Å². The number of sulfonamides is 1. The fraction of sp³-hybridized carbons (Fsp3) is 0.400. The normalized spacial score (nSPS) is 17.0. The second kappa shape index (κ2) is 12.1. The third-order valence-corrected chi connectivity index (χ3v) is 9.63. The molecule has 2 amide bonds. The molecule has 11 nitrogen and oxygen atoms in total. The van der Waals surface area contributed by atoms with Crippen LogP contribution in [0.25, 0.3) is 11.0 Å². The number of carbonyl (C=O) groups is 2. The highest BCUT2D eigenvalue weighted by molar-refractivity contribution is 7.89. The molecule has 2 aromatic heterocycles. The van der Waals surface area contributed by atoms with Gasteiger partial charge in [-0.25, -0.2) is 17.8 Å². The number of carbonyl (C=O) groups excluding carboxylic acids is 2. The van der Waals surface area contributed by atoms with Crippen molar-refractivity contribution in [3.63, 3.8) is 0 Å². The smallest absolute Gasteiger partial charge is 0.251 e. The Bertz CT molecular complexity index is 1640. The van der Waals surface area contributed by atoms with E-state index in [-0.39, 0.29) is 29.4 Å². The Morgan fingerprint density at radius 3 is 2.31 bits per heavy atom. The SMILES string of the molecule is O=C(NC1CCCC1)[C@H](c1ccco1)N(C(=O)Cn1nnc2ccccc21)c1ccc(S(=O)(=O)NC2CCCC2)cc1. The second-order valence-electron chi connectivity index (χ2n) is 11.0. The number of para-hydroxylation sites is 1. The highest BCUT2D eigenvalue weighted by Gasteiger charge is 2.37. The van der Waals surface area contributed by atoms with Crippen LogP contribution in [-0.4, -0.2) is 47.3 Å². The number of aromatic nitrogens is 3. The molecule has 2 fully saturated rings. The average molecular weight is 591 g/mol. The maximum atomic E-state index is 14.1. The third-order valence-electron chi connectivity index (χ3n) is 8.10. The zero-order valence-electron chi connectivity index (χ0n) is 23.2. The van der Waals surface area contributed by atoms with Gasteiger partial charge in [0.2, 0.25) is 15.9 Å². The van der Waals surface area contributed by atoms with E-state index in [0.717, 1.165) is 51.4 Å². The van der Waals surface area contributed by atoms with Crippen LogP contribution in [-0.2, 0) is 26.2 Å². The van der Waals surface area contributed by atoms with Gasteiger partial charge in [0.15, 0.2) is 6.04 Å². The van der Waals surface area contributed by atoms with Gasteiger partial charge in [0.1, 0.15) is 17.8 Å². The summed E-state index contributed by atoms with van der Waals surface area (Å²) >= 11 is 0. The van der Waals surface area contributed by atoms with E-state index in [2.05, 4.69) is 20.4 Å². The van der Waals surface area contributed by atoms with Crippen LogP contribution in [0.5, 0.6) is 0 Å². The van der Waals surface area contributed by atoms with E-state index in [4.69, 9.17) is 4.42 Å². The molecule has 1 atom stereocenters. The number of anilines is 1. The van der Waals surface area contributed by atoms with Gasteiger partial charge in [0.25, 0.3) is 5.91 Å². The molecule has 4 aromatic rings. The molecule has 0 spiro atoms. The number of benzene rings is 2. The topological polar surface area (TPSA) is 139 Å². The molecule has 0 bridgehead atoms. The molecule has 0 unspecified atom stereocenters. The standard InChI is InChI=1S/C30H34N6O5S/c37-28(20-35-26-13-6-5-12-25(26)32-34-35)36(29(27-14-7-19-41-27)30(38)31-21-8-1-2-9-21)23-15-17-24(18-16-23)42(39,40)33-22-10-3-4-11-22/h5-7,12-19,21-22,29,33H,1-4,8-11,20H2,(H,31,38)/t29-/m0/s1. The summed E-state index contributed by atoms with van der Waals surface area (Å²) in [7, 11) is -3.74. The van der Waals surface area contributed by atoms with E-state index in [1.165, 1.54) is 28.0 Å². The van der Waals surface area contributed by atoms with Gasteiger partial charge < -0.3 is 9.73 Å². The predicted octanol–water partition coefficient (Wildman–Crippen LogP) is 4.08. The van der Waals surface area contributed by atoms with E-state index in [0.29, 0.717) is 22.5 Å². The lowest BCUT2D eigenvalue weighted by molar-refractivity contribution is -0.127. The molecule has 220 valence electrons. The first-order valence-corrected chi connectivity index (χ1v) is 15.9. The molecule has 12 heteroatoms. The fourth-order valence-electron chi connectivity index (χ4n) is 5.96. The van der Waals surface area contributed by atoms with Gasteiger partial charge in [-0.1, -0.05) is 43.0 Å². The molecule has 2 saturated carbocycles. The molecule has 2 N–H and O–H groups in total. The quantitative estimate of drug-likeness (QED) is 0.284. The molecule has 0 radical (unpaired) electrons. The van der Waals surface area contributed by atoms with E-state index < -0.39 is 22.0 Å². The Hall–Kier alpha value is -4.03. The first-order chi connectivity index (χ1) is 20.4. The Balaban J connectivity index is 1.36. The Kier molecular flexibility index (Phi) is 8.07. The van der Waals surface area contributed by atoms with Crippen LogP contribution in [0.3, 0.4) is 0 Å². The van der Waals surface area contributed by atoms with E-state index in [1.54, 1.807) is 30.3 Å². The number of amides is 2. The van der Waals surface area contributed by atoms with Crippen LogP contribution in [0, 0.1) is 0 Å². The van der Waals surface area contributed by atoms with Crippen LogP contribution in [0.2, 0.25) is 0 Å². The summed E-state index contributed by atoms with van der Waals surface area (Å²) in [5, 5.41) is 11.4. The largest absolute Gasteiger partial charge is 0.467 e. The van der Waals surface area contributed by atoms with Crippen molar-refractivity contribution in [3.05, 3.63) is 72.7 Å². The molecule has 2 heterocycles. The lowest BCUT2D eigenvalue weighted by Gasteiger charge is -2.31. The number of hydrogen-bond donors (Lipinski definition) is 2. The van der Waals surface area contributed by atoms with Crippen LogP contribution in [0.4, 0.5) is 5.69 Å². The summed E-state index contributed by atoms with van der Waals surface area (Å²) in [5.74, 6) is -0.511. The fourth-order valence-corrected chi connectivity index (χ4v) is 7.27. The lowest BCUT2D eigenvalue weighted by Crippen LogP contribution is -2.47. The summed E-state index contributed by atoms with van der Waals surface area (Å²) in [5.41, 5.74) is 1.67.